The molecule has 2 rings (SSSR count). The van der Waals surface area contributed by atoms with Crippen molar-refractivity contribution in [3.63, 3.8) is 0 Å². The highest BCUT2D eigenvalue weighted by Gasteiger charge is 2.34. The Morgan fingerprint density at radius 3 is 2.70 bits per heavy atom. The number of nitrogens with two attached hydrogens (primary N) is 1. The Morgan fingerprint density at radius 1 is 1.40 bits per heavy atom. The van der Waals surface area contributed by atoms with E-state index in [9.17, 15) is 17.2 Å². The van der Waals surface area contributed by atoms with Crippen molar-refractivity contribution in [1.29, 1.82) is 0 Å². The molecule has 1 aromatic carbocycles. The molecule has 0 aromatic heterocycles. The number of hydrogen-bond acceptors (Lipinski definition) is 4. The first-order valence-electron chi connectivity index (χ1n) is 6.10. The van der Waals surface area contributed by atoms with Crippen LogP contribution < -0.4 is 10.5 Å². The van der Waals surface area contributed by atoms with Gasteiger partial charge in [0, 0.05) is 12.3 Å². The molecule has 1 fully saturated rings. The summed E-state index contributed by atoms with van der Waals surface area (Å²) in [6.07, 6.45) is 1.24. The number of rotatable bonds is 3. The Balaban J connectivity index is 2.36. The number of nitrogen functional groups attached to an aromatic ring is 1. The summed E-state index contributed by atoms with van der Waals surface area (Å²) in [7, 11) is -4.22. The third-order valence-corrected chi connectivity index (χ3v) is 4.76. The maximum Gasteiger partial charge on any atom is 0.244 e. The zero-order valence-corrected chi connectivity index (χ0v) is 11.8. The van der Waals surface area contributed by atoms with Crippen LogP contribution in [-0.2, 0) is 14.8 Å². The minimum atomic E-state index is -4.22. The molecule has 1 aromatic rings. The number of ether oxygens (including phenoxy) is 1. The van der Waals surface area contributed by atoms with Crippen LogP contribution in [0.4, 0.5) is 14.5 Å². The smallest absolute Gasteiger partial charge is 0.244 e. The van der Waals surface area contributed by atoms with Crippen LogP contribution in [0.5, 0.6) is 0 Å². The van der Waals surface area contributed by atoms with E-state index in [0.29, 0.717) is 19.4 Å². The second-order valence-corrected chi connectivity index (χ2v) is 6.79. The Bertz CT molecular complexity index is 613. The molecule has 0 spiro atoms. The molecule has 20 heavy (non-hydrogen) atoms. The van der Waals surface area contributed by atoms with E-state index in [2.05, 4.69) is 4.72 Å². The molecule has 1 heterocycles. The van der Waals surface area contributed by atoms with Crippen LogP contribution in [0.3, 0.4) is 0 Å². The summed E-state index contributed by atoms with van der Waals surface area (Å²) in [5.41, 5.74) is 4.37. The monoisotopic (exact) mass is 306 g/mol. The van der Waals surface area contributed by atoms with Crippen LogP contribution >= 0.6 is 0 Å². The summed E-state index contributed by atoms with van der Waals surface area (Å²) in [6, 6.07) is 1.63. The molecule has 5 nitrogen and oxygen atoms in total. The number of hydrogen-bond donors (Lipinski definition) is 2. The van der Waals surface area contributed by atoms with Crippen LogP contribution in [0.25, 0.3) is 0 Å². The highest BCUT2D eigenvalue weighted by atomic mass is 32.2. The molecule has 0 bridgehead atoms. The second-order valence-electron chi connectivity index (χ2n) is 5.14. The summed E-state index contributed by atoms with van der Waals surface area (Å²) in [5, 5.41) is 0. The number of halogens is 2. The number of nitrogens with one attached hydrogen (secondary N) is 1. The lowest BCUT2D eigenvalue weighted by Crippen LogP contribution is -2.51. The zero-order chi connectivity index (χ0) is 15.0. The fourth-order valence-corrected chi connectivity index (χ4v) is 3.72. The van der Waals surface area contributed by atoms with Gasteiger partial charge in [0.2, 0.25) is 10.0 Å². The van der Waals surface area contributed by atoms with Crippen molar-refractivity contribution >= 4 is 15.7 Å². The highest BCUT2D eigenvalue weighted by molar-refractivity contribution is 7.89. The number of anilines is 1. The van der Waals surface area contributed by atoms with E-state index in [0.717, 1.165) is 12.1 Å². The Kier molecular flexibility index (Phi) is 3.99. The first-order valence-corrected chi connectivity index (χ1v) is 7.58. The van der Waals surface area contributed by atoms with Crippen LogP contribution in [0.15, 0.2) is 17.0 Å². The molecule has 0 saturated carbocycles. The second kappa shape index (κ2) is 5.27. The summed E-state index contributed by atoms with van der Waals surface area (Å²) >= 11 is 0. The van der Waals surface area contributed by atoms with E-state index in [-0.39, 0.29) is 12.3 Å². The molecule has 0 radical (unpaired) electrons. The highest BCUT2D eigenvalue weighted by Crippen LogP contribution is 2.25. The van der Waals surface area contributed by atoms with Gasteiger partial charge >= 0.3 is 0 Å². The summed E-state index contributed by atoms with van der Waals surface area (Å²) in [6.45, 7) is 2.39. The van der Waals surface area contributed by atoms with Gasteiger partial charge in [0.05, 0.1) is 12.1 Å². The summed E-state index contributed by atoms with van der Waals surface area (Å²) in [4.78, 5) is -0.790. The minimum Gasteiger partial charge on any atom is -0.399 e. The van der Waals surface area contributed by atoms with Gasteiger partial charge in [-0.15, -0.1) is 0 Å². The molecular formula is C12H16F2N2O3S. The maximum absolute atomic E-state index is 13.7. The molecule has 112 valence electrons. The van der Waals surface area contributed by atoms with Crippen molar-refractivity contribution in [2.45, 2.75) is 30.2 Å². The lowest BCUT2D eigenvalue weighted by atomic mass is 9.97. The van der Waals surface area contributed by atoms with Gasteiger partial charge in [-0.25, -0.2) is 21.9 Å². The van der Waals surface area contributed by atoms with Gasteiger partial charge in [-0.1, -0.05) is 0 Å². The third kappa shape index (κ3) is 3.08. The molecule has 1 aliphatic rings. The molecule has 0 amide bonds. The van der Waals surface area contributed by atoms with E-state index >= 15 is 0 Å². The van der Waals surface area contributed by atoms with Gasteiger partial charge in [0.15, 0.2) is 11.6 Å². The predicted molar refractivity (Wildman–Crippen MR) is 69.5 cm³/mol. The SMILES string of the molecule is CC1(NS(=O)(=O)c2cc(N)cc(F)c2F)CCCOC1. The van der Waals surface area contributed by atoms with Gasteiger partial charge in [-0.05, 0) is 31.9 Å². The van der Waals surface area contributed by atoms with E-state index in [1.165, 1.54) is 0 Å². The van der Waals surface area contributed by atoms with E-state index in [1.807, 2.05) is 0 Å². The van der Waals surface area contributed by atoms with Crippen molar-refractivity contribution in [3.8, 4) is 0 Å². The van der Waals surface area contributed by atoms with Crippen molar-refractivity contribution in [2.75, 3.05) is 18.9 Å². The third-order valence-electron chi connectivity index (χ3n) is 3.13. The fraction of sp³-hybridized carbons (Fsp3) is 0.500. The van der Waals surface area contributed by atoms with Gasteiger partial charge in [0.1, 0.15) is 4.90 Å². The average molecular weight is 306 g/mol. The Labute approximate surface area is 116 Å². The molecule has 1 atom stereocenters. The van der Waals surface area contributed by atoms with Crippen LogP contribution in [0.1, 0.15) is 19.8 Å². The predicted octanol–water partition coefficient (Wildman–Crippen LogP) is 1.39. The topological polar surface area (TPSA) is 81.4 Å². The van der Waals surface area contributed by atoms with E-state index in [1.54, 1.807) is 6.92 Å². The van der Waals surface area contributed by atoms with Gasteiger partial charge < -0.3 is 10.5 Å². The summed E-state index contributed by atoms with van der Waals surface area (Å²) in [5.74, 6) is -2.73. The van der Waals surface area contributed by atoms with Crippen LogP contribution in [0.2, 0.25) is 0 Å². The van der Waals surface area contributed by atoms with E-state index < -0.39 is 32.1 Å². The van der Waals surface area contributed by atoms with Crippen molar-refractivity contribution in [1.82, 2.24) is 4.72 Å². The largest absolute Gasteiger partial charge is 0.399 e. The normalized spacial score (nSPS) is 23.8. The first kappa shape index (κ1) is 15.1. The van der Waals surface area contributed by atoms with Gasteiger partial charge in [-0.2, -0.15) is 0 Å². The standard InChI is InChI=1S/C12H16F2N2O3S/c1-12(3-2-4-19-7-12)16-20(17,18)10-6-8(15)5-9(13)11(10)14/h5-6,16H,2-4,7,15H2,1H3. The minimum absolute atomic E-state index is 0.158. The van der Waals surface area contributed by atoms with E-state index in [4.69, 9.17) is 10.5 Å². The zero-order valence-electron chi connectivity index (χ0n) is 10.9. The van der Waals surface area contributed by atoms with Gasteiger partial charge in [0.25, 0.3) is 0 Å². The molecular weight excluding hydrogens is 290 g/mol. The molecule has 8 heteroatoms. The van der Waals surface area contributed by atoms with Crippen molar-refractivity contribution < 1.29 is 21.9 Å². The lowest BCUT2D eigenvalue weighted by molar-refractivity contribution is 0.0386. The first-order chi connectivity index (χ1) is 9.23. The quantitative estimate of drug-likeness (QED) is 0.827. The van der Waals surface area contributed by atoms with Gasteiger partial charge in [-0.3, -0.25) is 0 Å². The number of benzene rings is 1. The van der Waals surface area contributed by atoms with Crippen molar-refractivity contribution in [2.24, 2.45) is 0 Å². The fourth-order valence-electron chi connectivity index (χ4n) is 2.17. The number of sulfonamides is 1. The molecule has 1 saturated heterocycles. The lowest BCUT2D eigenvalue weighted by Gasteiger charge is -2.33. The Hall–Kier alpha value is -1.25. The van der Waals surface area contributed by atoms with Crippen LogP contribution in [-0.4, -0.2) is 27.2 Å². The maximum atomic E-state index is 13.7. The molecule has 1 aliphatic heterocycles. The Morgan fingerprint density at radius 2 is 2.10 bits per heavy atom. The molecule has 0 aliphatic carbocycles. The molecule has 1 unspecified atom stereocenters. The van der Waals surface area contributed by atoms with Crippen LogP contribution in [0, 0.1) is 11.6 Å². The molecule has 3 N–H and O–H groups in total. The average Bonchev–Trinajstić information content (AvgIpc) is 2.33. The summed E-state index contributed by atoms with van der Waals surface area (Å²) < 4.78 is 58.9. The van der Waals surface area contributed by atoms with Crippen molar-refractivity contribution in [3.05, 3.63) is 23.8 Å².